The van der Waals surface area contributed by atoms with Crippen LogP contribution in [0.3, 0.4) is 0 Å². The van der Waals surface area contributed by atoms with Gasteiger partial charge in [-0.3, -0.25) is 0 Å². The SMILES string of the molecule is CC(C)C#C/C=C\C#CC(C)C.CC(C)c1ccccc1C(C)C.CC(C)c1ccccc1C(C)C. The number of hydrogen-bond donors (Lipinski definition) is 0. The van der Waals surface area contributed by atoms with Gasteiger partial charge in [0.1, 0.15) is 0 Å². The molecule has 0 unspecified atom stereocenters. The van der Waals surface area contributed by atoms with Gasteiger partial charge in [-0.1, -0.05) is 155 Å². The predicted molar refractivity (Wildman–Crippen MR) is 164 cm³/mol. The summed E-state index contributed by atoms with van der Waals surface area (Å²) in [6.07, 6.45) is 3.60. The first kappa shape index (κ1) is 33.3. The van der Waals surface area contributed by atoms with Crippen molar-refractivity contribution >= 4 is 0 Å². The van der Waals surface area contributed by atoms with E-state index in [0.29, 0.717) is 35.5 Å². The lowest BCUT2D eigenvalue weighted by atomic mass is 9.91. The van der Waals surface area contributed by atoms with Crippen molar-refractivity contribution in [3.8, 4) is 23.7 Å². The maximum Gasteiger partial charge on any atom is 0.0149 e. The van der Waals surface area contributed by atoms with Crippen LogP contribution in [0.1, 0.15) is 129 Å². The standard InChI is InChI=1S/2C12H18.C12H16/c2*1-9(2)11-7-5-6-8-12(11)10(3)4;1-11(2)9-7-5-6-8-10-12(3)4/h2*5-10H,1-4H3;5-6,11-12H,1-4H3/b;;6-5-. The van der Waals surface area contributed by atoms with E-state index in [2.05, 4.69) is 155 Å². The monoisotopic (exact) mass is 484 g/mol. The molecule has 0 saturated carbocycles. The Morgan fingerprint density at radius 2 is 0.639 bits per heavy atom. The predicted octanol–water partition coefficient (Wildman–Crippen LogP) is 10.7. The molecule has 2 rings (SSSR count). The molecule has 0 spiro atoms. The highest BCUT2D eigenvalue weighted by Gasteiger charge is 2.08. The number of hydrogen-bond acceptors (Lipinski definition) is 0. The molecular weight excluding hydrogens is 432 g/mol. The Morgan fingerprint density at radius 3 is 0.806 bits per heavy atom. The summed E-state index contributed by atoms with van der Waals surface area (Å²) in [7, 11) is 0. The zero-order chi connectivity index (χ0) is 27.7. The Kier molecular flexibility index (Phi) is 17.2. The Hall–Kier alpha value is -2.70. The Morgan fingerprint density at radius 1 is 0.417 bits per heavy atom. The van der Waals surface area contributed by atoms with Gasteiger partial charge in [-0.2, -0.15) is 0 Å². The molecule has 0 N–H and O–H groups in total. The third kappa shape index (κ3) is 14.6. The normalized spacial score (nSPS) is 10.6. The van der Waals surface area contributed by atoms with Crippen LogP contribution in [0.15, 0.2) is 60.7 Å². The third-order valence-corrected chi connectivity index (χ3v) is 5.47. The van der Waals surface area contributed by atoms with Crippen LogP contribution in [0.5, 0.6) is 0 Å². The van der Waals surface area contributed by atoms with Crippen LogP contribution in [0, 0.1) is 35.5 Å². The Balaban J connectivity index is 0.000000510. The summed E-state index contributed by atoms with van der Waals surface area (Å²) >= 11 is 0. The van der Waals surface area contributed by atoms with Gasteiger partial charge in [0.2, 0.25) is 0 Å². The summed E-state index contributed by atoms with van der Waals surface area (Å²) in [4.78, 5) is 0. The first-order valence-corrected chi connectivity index (χ1v) is 13.7. The van der Waals surface area contributed by atoms with E-state index < -0.39 is 0 Å². The maximum absolute atomic E-state index is 3.03. The quantitative estimate of drug-likeness (QED) is 0.378. The summed E-state index contributed by atoms with van der Waals surface area (Å²) in [5, 5.41) is 0. The van der Waals surface area contributed by atoms with E-state index in [1.165, 1.54) is 22.3 Å². The average molecular weight is 485 g/mol. The van der Waals surface area contributed by atoms with Crippen molar-refractivity contribution in [1.82, 2.24) is 0 Å². The van der Waals surface area contributed by atoms with Crippen LogP contribution < -0.4 is 0 Å². The van der Waals surface area contributed by atoms with Crippen molar-refractivity contribution in [2.24, 2.45) is 11.8 Å². The Labute approximate surface area is 225 Å². The minimum absolute atomic E-state index is 0.438. The minimum atomic E-state index is 0.438. The van der Waals surface area contributed by atoms with Gasteiger partial charge in [-0.05, 0) is 58.1 Å². The maximum atomic E-state index is 3.03. The van der Waals surface area contributed by atoms with E-state index in [4.69, 9.17) is 0 Å². The fourth-order valence-electron chi connectivity index (χ4n) is 3.64. The van der Waals surface area contributed by atoms with Crippen LogP contribution in [-0.2, 0) is 0 Å². The fourth-order valence-corrected chi connectivity index (χ4v) is 3.64. The van der Waals surface area contributed by atoms with Gasteiger partial charge in [0.15, 0.2) is 0 Å². The lowest BCUT2D eigenvalue weighted by molar-refractivity contribution is 0.790. The molecule has 2 aromatic carbocycles. The average Bonchev–Trinajstić information content (AvgIpc) is 2.81. The number of benzene rings is 2. The molecule has 196 valence electrons. The first-order valence-electron chi connectivity index (χ1n) is 13.7. The summed E-state index contributed by atoms with van der Waals surface area (Å²) in [6.45, 7) is 26.3. The number of rotatable bonds is 4. The molecule has 0 aliphatic rings. The third-order valence-electron chi connectivity index (χ3n) is 5.47. The van der Waals surface area contributed by atoms with Crippen LogP contribution in [-0.4, -0.2) is 0 Å². The topological polar surface area (TPSA) is 0 Å². The molecule has 0 bridgehead atoms. The van der Waals surface area contributed by atoms with Crippen LogP contribution in [0.25, 0.3) is 0 Å². The van der Waals surface area contributed by atoms with Gasteiger partial charge < -0.3 is 0 Å². The van der Waals surface area contributed by atoms with Gasteiger partial charge >= 0.3 is 0 Å². The van der Waals surface area contributed by atoms with Crippen molar-refractivity contribution in [3.05, 3.63) is 82.9 Å². The van der Waals surface area contributed by atoms with E-state index >= 15 is 0 Å². The van der Waals surface area contributed by atoms with E-state index in [0.717, 1.165) is 0 Å². The summed E-state index contributed by atoms with van der Waals surface area (Å²) in [6, 6.07) is 17.4. The van der Waals surface area contributed by atoms with Crippen molar-refractivity contribution in [1.29, 1.82) is 0 Å². The molecule has 0 aromatic heterocycles. The zero-order valence-electron chi connectivity index (χ0n) is 25.2. The summed E-state index contributed by atoms with van der Waals surface area (Å²) in [5.41, 5.74) is 5.97. The first-order chi connectivity index (χ1) is 16.9. The lowest BCUT2D eigenvalue weighted by Gasteiger charge is -2.14. The van der Waals surface area contributed by atoms with E-state index in [1.807, 2.05) is 0 Å². The minimum Gasteiger partial charge on any atom is -0.0957 e. The van der Waals surface area contributed by atoms with Crippen molar-refractivity contribution in [2.75, 3.05) is 0 Å². The zero-order valence-corrected chi connectivity index (χ0v) is 25.2. The molecule has 0 amide bonds. The molecule has 0 aliphatic carbocycles. The second-order valence-corrected chi connectivity index (χ2v) is 11.1. The molecular formula is C36H52. The van der Waals surface area contributed by atoms with E-state index in [9.17, 15) is 0 Å². The molecule has 2 aromatic rings. The molecule has 0 heterocycles. The van der Waals surface area contributed by atoms with Gasteiger partial charge in [-0.15, -0.1) is 0 Å². The molecule has 0 radical (unpaired) electrons. The van der Waals surface area contributed by atoms with Crippen LogP contribution >= 0.6 is 0 Å². The highest BCUT2D eigenvalue weighted by Crippen LogP contribution is 2.26. The lowest BCUT2D eigenvalue weighted by Crippen LogP contribution is -1.97. The van der Waals surface area contributed by atoms with Gasteiger partial charge in [0, 0.05) is 11.8 Å². The van der Waals surface area contributed by atoms with E-state index in [-0.39, 0.29) is 0 Å². The summed E-state index contributed by atoms with van der Waals surface area (Å²) in [5.74, 6) is 15.4. The smallest absolute Gasteiger partial charge is 0.0149 e. The second kappa shape index (κ2) is 18.6. The fraction of sp³-hybridized carbons (Fsp3) is 0.500. The molecule has 0 nitrogen and oxygen atoms in total. The highest BCUT2D eigenvalue weighted by atomic mass is 14.1. The Bertz CT molecular complexity index is 867. The van der Waals surface area contributed by atoms with Crippen molar-refractivity contribution in [3.63, 3.8) is 0 Å². The van der Waals surface area contributed by atoms with Crippen molar-refractivity contribution < 1.29 is 0 Å². The van der Waals surface area contributed by atoms with Gasteiger partial charge in [0.25, 0.3) is 0 Å². The molecule has 0 heteroatoms. The largest absolute Gasteiger partial charge is 0.0957 e. The van der Waals surface area contributed by atoms with E-state index in [1.54, 1.807) is 12.2 Å². The molecule has 0 saturated heterocycles. The molecule has 0 aliphatic heterocycles. The van der Waals surface area contributed by atoms with Gasteiger partial charge in [0.05, 0.1) is 0 Å². The van der Waals surface area contributed by atoms with Gasteiger partial charge in [-0.25, -0.2) is 0 Å². The summed E-state index contributed by atoms with van der Waals surface area (Å²) < 4.78 is 0. The second-order valence-electron chi connectivity index (χ2n) is 11.1. The molecule has 0 atom stereocenters. The molecule has 0 fully saturated rings. The molecule has 36 heavy (non-hydrogen) atoms. The van der Waals surface area contributed by atoms with Crippen molar-refractivity contribution in [2.45, 2.75) is 107 Å². The highest BCUT2D eigenvalue weighted by molar-refractivity contribution is 5.32. The van der Waals surface area contributed by atoms with Crippen LogP contribution in [0.4, 0.5) is 0 Å². The van der Waals surface area contributed by atoms with Crippen LogP contribution in [0.2, 0.25) is 0 Å². The number of allylic oxidation sites excluding steroid dienone is 2.